The number of fused-ring (bicyclic) bond motifs is 1. The second-order valence-corrected chi connectivity index (χ2v) is 6.40. The number of halogens is 3. The summed E-state index contributed by atoms with van der Waals surface area (Å²) in [5, 5.41) is 2.15. The van der Waals surface area contributed by atoms with E-state index in [1.54, 1.807) is 17.4 Å². The van der Waals surface area contributed by atoms with Crippen molar-refractivity contribution in [2.45, 2.75) is 25.7 Å². The van der Waals surface area contributed by atoms with Crippen molar-refractivity contribution in [1.29, 1.82) is 0 Å². The Labute approximate surface area is 164 Å². The lowest BCUT2D eigenvalue weighted by Gasteiger charge is -2.28. The van der Waals surface area contributed by atoms with Crippen LogP contribution in [0.1, 0.15) is 22.5 Å². The molecule has 1 aliphatic heterocycles. The molecule has 0 bridgehead atoms. The zero-order chi connectivity index (χ0) is 21.2. The average molecular weight is 412 g/mol. The van der Waals surface area contributed by atoms with Crippen LogP contribution in [-0.4, -0.2) is 53.2 Å². The number of amides is 2. The normalized spacial score (nSPS) is 13.6. The largest absolute Gasteiger partial charge is 0.493 e. The molecule has 0 unspecified atom stereocenters. The van der Waals surface area contributed by atoms with Gasteiger partial charge in [0, 0.05) is 24.8 Å². The summed E-state index contributed by atoms with van der Waals surface area (Å²) in [7, 11) is 2.61. The fourth-order valence-corrected chi connectivity index (χ4v) is 3.10. The van der Waals surface area contributed by atoms with Crippen LogP contribution in [-0.2, 0) is 17.9 Å². The van der Waals surface area contributed by atoms with Crippen molar-refractivity contribution in [2.75, 3.05) is 26.1 Å². The zero-order valence-corrected chi connectivity index (χ0v) is 15.7. The SMILES string of the molecule is COc1cc(C(=O)N2CCn3cncc3C2)cc(NC(=O)CC(F)(F)F)c1OC. The standard InChI is InChI=1S/C18H19F3N4O4/c1-28-14-6-11(17(27)24-3-4-25-10-22-8-12(25)9-24)5-13(16(14)29-2)23-15(26)7-18(19,20)21/h5-6,8,10H,3-4,7,9H2,1-2H3,(H,23,26). The molecule has 2 heterocycles. The molecule has 156 valence electrons. The Bertz CT molecular complexity index is 926. The molecule has 0 aliphatic carbocycles. The molecule has 1 aromatic carbocycles. The maximum absolute atomic E-state index is 13.0. The van der Waals surface area contributed by atoms with Crippen LogP contribution in [0.4, 0.5) is 18.9 Å². The number of hydrogen-bond acceptors (Lipinski definition) is 5. The molecule has 2 aromatic rings. The van der Waals surface area contributed by atoms with E-state index in [2.05, 4.69) is 10.3 Å². The first-order valence-corrected chi connectivity index (χ1v) is 8.62. The molecule has 1 aliphatic rings. The number of anilines is 1. The quantitative estimate of drug-likeness (QED) is 0.816. The van der Waals surface area contributed by atoms with Crippen molar-refractivity contribution in [1.82, 2.24) is 14.5 Å². The Morgan fingerprint density at radius 2 is 1.97 bits per heavy atom. The van der Waals surface area contributed by atoms with Crippen LogP contribution in [0, 0.1) is 0 Å². The molecule has 29 heavy (non-hydrogen) atoms. The summed E-state index contributed by atoms with van der Waals surface area (Å²) >= 11 is 0. The van der Waals surface area contributed by atoms with Gasteiger partial charge < -0.3 is 24.3 Å². The van der Waals surface area contributed by atoms with Gasteiger partial charge in [-0.3, -0.25) is 9.59 Å². The van der Waals surface area contributed by atoms with Crippen LogP contribution < -0.4 is 14.8 Å². The molecular formula is C18H19F3N4O4. The van der Waals surface area contributed by atoms with Gasteiger partial charge in [-0.25, -0.2) is 4.98 Å². The van der Waals surface area contributed by atoms with Crippen LogP contribution in [0.15, 0.2) is 24.7 Å². The molecule has 0 fully saturated rings. The van der Waals surface area contributed by atoms with Gasteiger partial charge in [-0.2, -0.15) is 13.2 Å². The Morgan fingerprint density at radius 1 is 1.21 bits per heavy atom. The number of benzene rings is 1. The fraction of sp³-hybridized carbons (Fsp3) is 0.389. The first kappa shape index (κ1) is 20.5. The summed E-state index contributed by atoms with van der Waals surface area (Å²) in [6.45, 7) is 1.35. The smallest absolute Gasteiger partial charge is 0.397 e. The topological polar surface area (TPSA) is 85.7 Å². The first-order valence-electron chi connectivity index (χ1n) is 8.62. The molecular weight excluding hydrogens is 393 g/mol. The lowest BCUT2D eigenvalue weighted by Crippen LogP contribution is -2.38. The molecule has 1 aromatic heterocycles. The zero-order valence-electron chi connectivity index (χ0n) is 15.7. The number of nitrogens with zero attached hydrogens (tertiary/aromatic N) is 3. The lowest BCUT2D eigenvalue weighted by atomic mass is 10.1. The highest BCUT2D eigenvalue weighted by atomic mass is 19.4. The van der Waals surface area contributed by atoms with Crippen LogP contribution in [0.3, 0.4) is 0 Å². The minimum Gasteiger partial charge on any atom is -0.493 e. The predicted molar refractivity (Wildman–Crippen MR) is 95.8 cm³/mol. The first-order chi connectivity index (χ1) is 13.7. The molecule has 0 radical (unpaired) electrons. The van der Waals surface area contributed by atoms with E-state index in [9.17, 15) is 22.8 Å². The Balaban J connectivity index is 1.89. The maximum Gasteiger partial charge on any atom is 0.397 e. The number of carbonyl (C=O) groups is 2. The molecule has 3 rings (SSSR count). The Hall–Kier alpha value is -3.24. The van der Waals surface area contributed by atoms with Gasteiger partial charge in [0.15, 0.2) is 11.5 Å². The monoisotopic (exact) mass is 412 g/mol. The third-order valence-electron chi connectivity index (χ3n) is 4.41. The van der Waals surface area contributed by atoms with E-state index in [-0.39, 0.29) is 28.7 Å². The van der Waals surface area contributed by atoms with E-state index >= 15 is 0 Å². The van der Waals surface area contributed by atoms with E-state index in [0.717, 1.165) is 5.69 Å². The minimum atomic E-state index is -4.66. The van der Waals surface area contributed by atoms with E-state index in [1.807, 2.05) is 4.57 Å². The Kier molecular flexibility index (Phi) is 5.66. The third-order valence-corrected chi connectivity index (χ3v) is 4.41. The van der Waals surface area contributed by atoms with Gasteiger partial charge in [0.1, 0.15) is 6.42 Å². The van der Waals surface area contributed by atoms with Crippen LogP contribution in [0.25, 0.3) is 0 Å². The van der Waals surface area contributed by atoms with Crippen molar-refractivity contribution < 1.29 is 32.2 Å². The number of imidazole rings is 1. The van der Waals surface area contributed by atoms with Gasteiger partial charge in [0.2, 0.25) is 5.91 Å². The number of methoxy groups -OCH3 is 2. The number of aromatic nitrogens is 2. The maximum atomic E-state index is 13.0. The number of ether oxygens (including phenoxy) is 2. The molecule has 11 heteroatoms. The molecule has 0 saturated carbocycles. The number of rotatable bonds is 5. The van der Waals surface area contributed by atoms with Crippen molar-refractivity contribution in [3.8, 4) is 11.5 Å². The highest BCUT2D eigenvalue weighted by Gasteiger charge is 2.32. The lowest BCUT2D eigenvalue weighted by molar-refractivity contribution is -0.150. The number of nitrogens with one attached hydrogen (secondary N) is 1. The molecule has 0 spiro atoms. The van der Waals surface area contributed by atoms with Crippen molar-refractivity contribution >= 4 is 17.5 Å². The van der Waals surface area contributed by atoms with Gasteiger partial charge in [-0.1, -0.05) is 0 Å². The summed E-state index contributed by atoms with van der Waals surface area (Å²) in [6.07, 6.45) is -2.98. The van der Waals surface area contributed by atoms with Gasteiger partial charge >= 0.3 is 6.18 Å². The number of hydrogen-bond donors (Lipinski definition) is 1. The molecule has 1 N–H and O–H groups in total. The van der Waals surface area contributed by atoms with Gasteiger partial charge in [-0.15, -0.1) is 0 Å². The average Bonchev–Trinajstić information content (AvgIpc) is 3.12. The van der Waals surface area contributed by atoms with Gasteiger partial charge in [0.05, 0.1) is 38.5 Å². The van der Waals surface area contributed by atoms with Crippen molar-refractivity contribution in [2.24, 2.45) is 0 Å². The van der Waals surface area contributed by atoms with Crippen LogP contribution in [0.2, 0.25) is 0 Å². The van der Waals surface area contributed by atoms with Gasteiger partial charge in [0.25, 0.3) is 5.91 Å². The van der Waals surface area contributed by atoms with E-state index in [0.29, 0.717) is 19.6 Å². The fourth-order valence-electron chi connectivity index (χ4n) is 3.10. The second-order valence-electron chi connectivity index (χ2n) is 6.40. The molecule has 0 atom stereocenters. The van der Waals surface area contributed by atoms with Gasteiger partial charge in [-0.05, 0) is 12.1 Å². The van der Waals surface area contributed by atoms with Crippen molar-refractivity contribution in [3.63, 3.8) is 0 Å². The summed E-state index contributed by atoms with van der Waals surface area (Å²) in [4.78, 5) is 30.4. The minimum absolute atomic E-state index is 0.0243. The highest BCUT2D eigenvalue weighted by molar-refractivity contribution is 5.99. The predicted octanol–water partition coefficient (Wildman–Crippen LogP) is 2.45. The highest BCUT2D eigenvalue weighted by Crippen LogP contribution is 2.37. The Morgan fingerprint density at radius 3 is 2.62 bits per heavy atom. The van der Waals surface area contributed by atoms with E-state index < -0.39 is 18.5 Å². The van der Waals surface area contributed by atoms with E-state index in [4.69, 9.17) is 9.47 Å². The number of alkyl halides is 3. The molecule has 2 amide bonds. The summed E-state index contributed by atoms with van der Waals surface area (Å²) in [6, 6.07) is 2.70. The van der Waals surface area contributed by atoms with E-state index in [1.165, 1.54) is 26.4 Å². The van der Waals surface area contributed by atoms with Crippen LogP contribution >= 0.6 is 0 Å². The molecule has 0 saturated heterocycles. The summed E-state index contributed by atoms with van der Waals surface area (Å²) < 4.78 is 49.8. The summed E-state index contributed by atoms with van der Waals surface area (Å²) in [5.41, 5.74) is 0.938. The summed E-state index contributed by atoms with van der Waals surface area (Å²) in [5.74, 6) is -1.49. The van der Waals surface area contributed by atoms with Crippen molar-refractivity contribution in [3.05, 3.63) is 35.9 Å². The van der Waals surface area contributed by atoms with Crippen LogP contribution in [0.5, 0.6) is 11.5 Å². The molecule has 8 nitrogen and oxygen atoms in total. The number of carbonyl (C=O) groups excluding carboxylic acids is 2. The third kappa shape index (κ3) is 4.61. The second kappa shape index (κ2) is 8.02.